The summed E-state index contributed by atoms with van der Waals surface area (Å²) in [5.41, 5.74) is 0. The molecule has 0 saturated carbocycles. The van der Waals surface area contributed by atoms with Crippen molar-refractivity contribution in [3.63, 3.8) is 0 Å². The van der Waals surface area contributed by atoms with Gasteiger partial charge in [-0.3, -0.25) is 0 Å². The Hall–Kier alpha value is -0.0700. The third kappa shape index (κ3) is 4.99. The molecule has 1 N–H and O–H groups in total. The molecule has 86 valence electrons. The molecule has 1 atom stereocenters. The van der Waals surface area contributed by atoms with Crippen molar-refractivity contribution in [2.45, 2.75) is 25.0 Å². The van der Waals surface area contributed by atoms with Gasteiger partial charge in [0.2, 0.25) is 0 Å². The highest BCUT2D eigenvalue weighted by atomic mass is 32.2. The molecule has 1 aliphatic rings. The lowest BCUT2D eigenvalue weighted by Crippen LogP contribution is -2.22. The van der Waals surface area contributed by atoms with E-state index in [0.29, 0.717) is 4.32 Å². The Balaban J connectivity index is 2.26. The molecule has 0 aromatic carbocycles. The van der Waals surface area contributed by atoms with Crippen LogP contribution in [0.1, 0.15) is 19.8 Å². The standard InChI is InChI=1S/C9H15NO2S3/c1-2-3-5-10-9(13)14-8-4-6-15(11,12)7-8/h4,6,8H,2-3,5,7H2,1H3,(H,10,13). The quantitative estimate of drug-likeness (QED) is 0.619. The minimum atomic E-state index is -2.96. The minimum Gasteiger partial charge on any atom is -0.371 e. The molecule has 1 heterocycles. The molecule has 0 aromatic heterocycles. The van der Waals surface area contributed by atoms with Crippen molar-refractivity contribution in [3.05, 3.63) is 11.5 Å². The van der Waals surface area contributed by atoms with E-state index < -0.39 is 9.84 Å². The van der Waals surface area contributed by atoms with Crippen LogP contribution in [0.2, 0.25) is 0 Å². The monoisotopic (exact) mass is 265 g/mol. The predicted molar refractivity (Wildman–Crippen MR) is 69.8 cm³/mol. The third-order valence-electron chi connectivity index (χ3n) is 1.96. The first-order valence-corrected chi connectivity index (χ1v) is 7.89. The summed E-state index contributed by atoms with van der Waals surface area (Å²) in [6.45, 7) is 2.98. The van der Waals surface area contributed by atoms with Gasteiger partial charge >= 0.3 is 0 Å². The second-order valence-electron chi connectivity index (χ2n) is 3.38. The normalized spacial score (nSPS) is 22.9. The summed E-state index contributed by atoms with van der Waals surface area (Å²) >= 11 is 6.52. The van der Waals surface area contributed by atoms with Crippen LogP contribution >= 0.6 is 24.0 Å². The van der Waals surface area contributed by atoms with Gasteiger partial charge in [-0.2, -0.15) is 0 Å². The molecule has 15 heavy (non-hydrogen) atoms. The summed E-state index contributed by atoms with van der Waals surface area (Å²) in [6, 6.07) is 0. The van der Waals surface area contributed by atoms with Crippen LogP contribution in [-0.4, -0.2) is 30.3 Å². The van der Waals surface area contributed by atoms with E-state index in [9.17, 15) is 8.42 Å². The van der Waals surface area contributed by atoms with E-state index >= 15 is 0 Å². The van der Waals surface area contributed by atoms with Gasteiger partial charge in [0.25, 0.3) is 0 Å². The molecule has 0 spiro atoms. The molecular formula is C9H15NO2S3. The molecule has 0 aliphatic carbocycles. The molecule has 0 saturated heterocycles. The maximum atomic E-state index is 11.1. The van der Waals surface area contributed by atoms with E-state index in [0.717, 1.165) is 19.4 Å². The van der Waals surface area contributed by atoms with Gasteiger partial charge in [-0.1, -0.05) is 43.4 Å². The fourth-order valence-corrected chi connectivity index (χ4v) is 4.31. The van der Waals surface area contributed by atoms with Crippen LogP contribution in [-0.2, 0) is 9.84 Å². The number of unbranched alkanes of at least 4 members (excludes halogenated alkanes) is 1. The molecule has 6 heteroatoms. The maximum absolute atomic E-state index is 11.1. The zero-order valence-electron chi connectivity index (χ0n) is 8.60. The van der Waals surface area contributed by atoms with Gasteiger partial charge in [0.1, 0.15) is 4.32 Å². The van der Waals surface area contributed by atoms with E-state index in [1.54, 1.807) is 6.08 Å². The number of rotatable bonds is 4. The molecule has 0 radical (unpaired) electrons. The fourth-order valence-electron chi connectivity index (χ4n) is 1.17. The summed E-state index contributed by atoms with van der Waals surface area (Å²) in [5, 5.41) is 4.36. The topological polar surface area (TPSA) is 46.2 Å². The smallest absolute Gasteiger partial charge is 0.172 e. The van der Waals surface area contributed by atoms with Gasteiger partial charge in [0.15, 0.2) is 9.84 Å². The third-order valence-corrected chi connectivity index (χ3v) is 4.98. The van der Waals surface area contributed by atoms with Gasteiger partial charge < -0.3 is 5.32 Å². The lowest BCUT2D eigenvalue weighted by Gasteiger charge is -2.09. The highest BCUT2D eigenvalue weighted by Crippen LogP contribution is 2.21. The van der Waals surface area contributed by atoms with Crippen molar-refractivity contribution in [1.82, 2.24) is 5.32 Å². The number of thioether (sulfide) groups is 1. The molecule has 0 amide bonds. The van der Waals surface area contributed by atoms with E-state index in [2.05, 4.69) is 12.2 Å². The first-order valence-electron chi connectivity index (χ1n) is 4.89. The van der Waals surface area contributed by atoms with E-state index in [1.807, 2.05) is 0 Å². The summed E-state index contributed by atoms with van der Waals surface area (Å²) in [6.07, 6.45) is 3.91. The Kier molecular flexibility index (Phi) is 5.08. The van der Waals surface area contributed by atoms with Crippen molar-refractivity contribution in [1.29, 1.82) is 0 Å². The fraction of sp³-hybridized carbons (Fsp3) is 0.667. The first kappa shape index (κ1) is 13.0. The van der Waals surface area contributed by atoms with Crippen molar-refractivity contribution < 1.29 is 8.42 Å². The van der Waals surface area contributed by atoms with Crippen LogP contribution < -0.4 is 5.32 Å². The van der Waals surface area contributed by atoms with Crippen LogP contribution in [0.3, 0.4) is 0 Å². The van der Waals surface area contributed by atoms with Crippen molar-refractivity contribution in [2.24, 2.45) is 0 Å². The van der Waals surface area contributed by atoms with Gasteiger partial charge in [0.05, 0.1) is 5.75 Å². The first-order chi connectivity index (χ1) is 7.03. The highest BCUT2D eigenvalue weighted by Gasteiger charge is 2.23. The SMILES string of the molecule is CCCCNC(=S)SC1C=CS(=O)(=O)C1. The number of hydrogen-bond acceptors (Lipinski definition) is 4. The average Bonchev–Trinajstić information content (AvgIpc) is 2.46. The molecule has 1 aliphatic heterocycles. The van der Waals surface area contributed by atoms with E-state index in [1.165, 1.54) is 17.2 Å². The summed E-state index contributed by atoms with van der Waals surface area (Å²) in [5.74, 6) is 0.174. The van der Waals surface area contributed by atoms with Crippen molar-refractivity contribution in [2.75, 3.05) is 12.3 Å². The van der Waals surface area contributed by atoms with Crippen molar-refractivity contribution >= 4 is 38.1 Å². The largest absolute Gasteiger partial charge is 0.371 e. The molecule has 0 bridgehead atoms. The summed E-state index contributed by atoms with van der Waals surface area (Å²) < 4.78 is 22.9. The van der Waals surface area contributed by atoms with Gasteiger partial charge in [-0.25, -0.2) is 8.42 Å². The van der Waals surface area contributed by atoms with E-state index in [-0.39, 0.29) is 11.0 Å². The van der Waals surface area contributed by atoms with Crippen molar-refractivity contribution in [3.8, 4) is 0 Å². The predicted octanol–water partition coefficient (Wildman–Crippen LogP) is 1.70. The Labute approximate surface area is 101 Å². The number of nitrogens with one attached hydrogen (secondary N) is 1. The van der Waals surface area contributed by atoms with Crippen LogP contribution in [0.4, 0.5) is 0 Å². The minimum absolute atomic E-state index is 0.0170. The number of thiocarbonyl (C=S) groups is 1. The summed E-state index contributed by atoms with van der Waals surface area (Å²) in [7, 11) is -2.96. The molecule has 0 aromatic rings. The Morgan fingerprint density at radius 2 is 2.40 bits per heavy atom. The Morgan fingerprint density at radius 3 is 2.93 bits per heavy atom. The van der Waals surface area contributed by atoms with Gasteiger partial charge in [0, 0.05) is 17.2 Å². The van der Waals surface area contributed by atoms with Crippen LogP contribution in [0.5, 0.6) is 0 Å². The van der Waals surface area contributed by atoms with Crippen LogP contribution in [0.15, 0.2) is 11.5 Å². The van der Waals surface area contributed by atoms with E-state index in [4.69, 9.17) is 12.2 Å². The zero-order chi connectivity index (χ0) is 11.3. The van der Waals surface area contributed by atoms with Crippen LogP contribution in [0, 0.1) is 0 Å². The molecule has 0 fully saturated rings. The second-order valence-corrected chi connectivity index (χ2v) is 7.23. The zero-order valence-corrected chi connectivity index (χ0v) is 11.1. The molecule has 1 rings (SSSR count). The lowest BCUT2D eigenvalue weighted by atomic mass is 10.3. The van der Waals surface area contributed by atoms with Gasteiger partial charge in [-0.15, -0.1) is 0 Å². The molecular weight excluding hydrogens is 250 g/mol. The highest BCUT2D eigenvalue weighted by molar-refractivity contribution is 8.23. The molecule has 3 nitrogen and oxygen atoms in total. The Morgan fingerprint density at radius 1 is 1.67 bits per heavy atom. The lowest BCUT2D eigenvalue weighted by molar-refractivity contribution is 0.606. The average molecular weight is 265 g/mol. The number of sulfone groups is 1. The maximum Gasteiger partial charge on any atom is 0.172 e. The molecule has 1 unspecified atom stereocenters. The summed E-state index contributed by atoms with van der Waals surface area (Å²) in [4.78, 5) is 0. The van der Waals surface area contributed by atoms with Gasteiger partial charge in [-0.05, 0) is 6.42 Å². The van der Waals surface area contributed by atoms with Crippen LogP contribution in [0.25, 0.3) is 0 Å². The second kappa shape index (κ2) is 5.86. The number of hydrogen-bond donors (Lipinski definition) is 1. The Bertz CT molecular complexity index is 348.